The molecule has 6 heterocycles. The van der Waals surface area contributed by atoms with E-state index < -0.39 is 0 Å². The third-order valence-corrected chi connectivity index (χ3v) is 5.53. The Hall–Kier alpha value is -4.11. The van der Waals surface area contributed by atoms with E-state index in [1.807, 2.05) is 11.4 Å². The van der Waals surface area contributed by atoms with Gasteiger partial charge in [-0.3, -0.25) is 5.10 Å². The summed E-state index contributed by atoms with van der Waals surface area (Å²) in [6.07, 6.45) is 3.21. The van der Waals surface area contributed by atoms with Gasteiger partial charge < -0.3 is 9.05 Å². The van der Waals surface area contributed by atoms with Gasteiger partial charge in [0, 0.05) is 16.8 Å². The minimum Gasteiger partial charge on any atom is -0.354 e. The fourth-order valence-electron chi connectivity index (χ4n) is 2.90. The standard InChI is InChI=1S/C15H7N11O2S2/c1-3-16-18-8(1)15-12(22-26-30-15)14-11(21-25-28-14)9-10(20-24-19-9)13-6(5-17-27-13)7-2-4-29-23-7/h1-5H,(H,16,18)(H,19,20,24). The summed E-state index contributed by atoms with van der Waals surface area (Å²) in [7, 11) is 0. The molecule has 0 amide bonds. The smallest absolute Gasteiger partial charge is 0.218 e. The first-order valence-corrected chi connectivity index (χ1v) is 9.93. The largest absolute Gasteiger partial charge is 0.354 e. The summed E-state index contributed by atoms with van der Waals surface area (Å²) in [6.45, 7) is 0. The van der Waals surface area contributed by atoms with Crippen molar-refractivity contribution in [3.63, 3.8) is 0 Å². The molecule has 0 radical (unpaired) electrons. The number of nitrogens with zero attached hydrogens (tertiary/aromatic N) is 9. The third kappa shape index (κ3) is 2.56. The summed E-state index contributed by atoms with van der Waals surface area (Å²) in [6, 6.07) is 3.67. The van der Waals surface area contributed by atoms with E-state index in [0.29, 0.717) is 45.6 Å². The van der Waals surface area contributed by atoms with Crippen molar-refractivity contribution in [3.8, 4) is 56.1 Å². The van der Waals surface area contributed by atoms with Crippen molar-refractivity contribution >= 4 is 23.1 Å². The maximum absolute atomic E-state index is 5.46. The Balaban J connectivity index is 1.49. The molecule has 0 spiro atoms. The van der Waals surface area contributed by atoms with Gasteiger partial charge in [-0.15, -0.1) is 10.2 Å². The van der Waals surface area contributed by atoms with Crippen LogP contribution in [0.3, 0.4) is 0 Å². The normalized spacial score (nSPS) is 11.3. The lowest BCUT2D eigenvalue weighted by Gasteiger charge is -1.99. The van der Waals surface area contributed by atoms with Crippen LogP contribution in [0.15, 0.2) is 39.0 Å². The van der Waals surface area contributed by atoms with Gasteiger partial charge in [-0.2, -0.15) is 24.9 Å². The summed E-state index contributed by atoms with van der Waals surface area (Å²) >= 11 is 2.51. The Morgan fingerprint density at radius 1 is 0.933 bits per heavy atom. The quantitative estimate of drug-likeness (QED) is 0.405. The first kappa shape index (κ1) is 16.8. The predicted molar refractivity (Wildman–Crippen MR) is 103 cm³/mol. The molecule has 0 aliphatic heterocycles. The highest BCUT2D eigenvalue weighted by Gasteiger charge is 2.29. The molecule has 30 heavy (non-hydrogen) atoms. The second-order valence-corrected chi connectivity index (χ2v) is 7.27. The maximum Gasteiger partial charge on any atom is 0.218 e. The lowest BCUT2D eigenvalue weighted by Crippen LogP contribution is -1.89. The van der Waals surface area contributed by atoms with E-state index in [1.165, 1.54) is 23.1 Å². The fraction of sp³-hybridized carbons (Fsp3) is 0. The molecular formula is C15H7N11O2S2. The Labute approximate surface area is 173 Å². The van der Waals surface area contributed by atoms with E-state index in [9.17, 15) is 0 Å². The predicted octanol–water partition coefficient (Wildman–Crippen LogP) is 2.54. The Morgan fingerprint density at radius 2 is 1.90 bits per heavy atom. The highest BCUT2D eigenvalue weighted by molar-refractivity contribution is 7.09. The molecule has 0 fully saturated rings. The zero-order valence-electron chi connectivity index (χ0n) is 14.5. The molecule has 0 aromatic carbocycles. The summed E-state index contributed by atoms with van der Waals surface area (Å²) in [4.78, 5) is 0.722. The summed E-state index contributed by atoms with van der Waals surface area (Å²) in [5.41, 5.74) is 3.67. The van der Waals surface area contributed by atoms with Crippen LogP contribution in [0.1, 0.15) is 0 Å². The van der Waals surface area contributed by atoms with Gasteiger partial charge in [-0.1, -0.05) is 9.64 Å². The van der Waals surface area contributed by atoms with Crippen LogP contribution >= 0.6 is 23.1 Å². The van der Waals surface area contributed by atoms with Crippen molar-refractivity contribution < 1.29 is 9.05 Å². The molecule has 0 saturated heterocycles. The Morgan fingerprint density at radius 3 is 2.77 bits per heavy atom. The van der Waals surface area contributed by atoms with Crippen LogP contribution in [0.25, 0.3) is 56.1 Å². The van der Waals surface area contributed by atoms with Gasteiger partial charge in [0.1, 0.15) is 10.6 Å². The molecule has 0 saturated carbocycles. The monoisotopic (exact) mass is 437 g/mol. The molecule has 6 rings (SSSR count). The number of aromatic amines is 2. The average Bonchev–Trinajstić information content (AvgIpc) is 3.60. The molecule has 146 valence electrons. The van der Waals surface area contributed by atoms with Gasteiger partial charge in [-0.05, 0) is 35.2 Å². The summed E-state index contributed by atoms with van der Waals surface area (Å²) in [5, 5.41) is 35.6. The SMILES string of the molecule is c1cc(-c2snnc2-c2onnc2-c2n[nH]nc2-c2oncc2-c2ccsn2)[nH]n1. The molecule has 13 nitrogen and oxygen atoms in total. The minimum absolute atomic E-state index is 0.290. The molecule has 2 N–H and O–H groups in total. The maximum atomic E-state index is 5.46. The van der Waals surface area contributed by atoms with E-state index in [2.05, 4.69) is 55.1 Å². The topological polar surface area (TPSA) is 174 Å². The van der Waals surface area contributed by atoms with Crippen LogP contribution in [-0.2, 0) is 0 Å². The number of H-pyrrole nitrogens is 2. The van der Waals surface area contributed by atoms with Crippen LogP contribution < -0.4 is 0 Å². The van der Waals surface area contributed by atoms with E-state index in [0.717, 1.165) is 10.6 Å². The molecule has 15 heteroatoms. The first-order chi connectivity index (χ1) is 14.9. The van der Waals surface area contributed by atoms with Gasteiger partial charge in [0.25, 0.3) is 0 Å². The second kappa shape index (κ2) is 6.75. The van der Waals surface area contributed by atoms with Crippen LogP contribution in [-0.4, -0.2) is 55.1 Å². The first-order valence-electron chi connectivity index (χ1n) is 8.32. The lowest BCUT2D eigenvalue weighted by atomic mass is 10.1. The Bertz CT molecular complexity index is 1300. The zero-order valence-corrected chi connectivity index (χ0v) is 16.2. The van der Waals surface area contributed by atoms with E-state index in [-0.39, 0.29) is 0 Å². The molecule has 6 aromatic heterocycles. The number of aromatic nitrogens is 11. The van der Waals surface area contributed by atoms with E-state index >= 15 is 0 Å². The third-order valence-electron chi connectivity index (χ3n) is 4.21. The van der Waals surface area contributed by atoms with E-state index in [4.69, 9.17) is 9.05 Å². The molecule has 0 unspecified atom stereocenters. The van der Waals surface area contributed by atoms with Crippen molar-refractivity contribution in [3.05, 3.63) is 29.9 Å². The zero-order chi connectivity index (χ0) is 19.9. The van der Waals surface area contributed by atoms with Gasteiger partial charge in [0.15, 0.2) is 22.8 Å². The average molecular weight is 437 g/mol. The van der Waals surface area contributed by atoms with Crippen molar-refractivity contribution in [2.24, 2.45) is 0 Å². The lowest BCUT2D eigenvalue weighted by molar-refractivity contribution is 0.402. The van der Waals surface area contributed by atoms with Gasteiger partial charge >= 0.3 is 0 Å². The van der Waals surface area contributed by atoms with Crippen LogP contribution in [0.2, 0.25) is 0 Å². The van der Waals surface area contributed by atoms with Crippen molar-refractivity contribution in [2.45, 2.75) is 0 Å². The Kier molecular flexibility index (Phi) is 3.78. The van der Waals surface area contributed by atoms with Gasteiger partial charge in [0.2, 0.25) is 5.76 Å². The highest BCUT2D eigenvalue weighted by Crippen LogP contribution is 2.40. The van der Waals surface area contributed by atoms with Crippen LogP contribution in [0.4, 0.5) is 0 Å². The number of hydrogen-bond acceptors (Lipinski definition) is 13. The van der Waals surface area contributed by atoms with Crippen LogP contribution in [0.5, 0.6) is 0 Å². The molecule has 0 bridgehead atoms. The molecule has 0 atom stereocenters. The highest BCUT2D eigenvalue weighted by atomic mass is 32.1. The molecular weight excluding hydrogens is 430 g/mol. The van der Waals surface area contributed by atoms with Crippen molar-refractivity contribution in [1.82, 2.24) is 55.1 Å². The van der Waals surface area contributed by atoms with Gasteiger partial charge in [-0.25, -0.2) is 0 Å². The fourth-order valence-corrected chi connectivity index (χ4v) is 4.06. The number of rotatable bonds is 5. The van der Waals surface area contributed by atoms with E-state index in [1.54, 1.807) is 18.5 Å². The number of hydrogen-bond donors (Lipinski definition) is 2. The van der Waals surface area contributed by atoms with Crippen molar-refractivity contribution in [2.75, 3.05) is 0 Å². The van der Waals surface area contributed by atoms with Crippen LogP contribution in [0, 0.1) is 0 Å². The minimum atomic E-state index is 0.290. The second-order valence-electron chi connectivity index (χ2n) is 5.85. The molecule has 0 aliphatic carbocycles. The molecule has 0 aliphatic rings. The van der Waals surface area contributed by atoms with Gasteiger partial charge in [0.05, 0.1) is 23.1 Å². The number of nitrogens with one attached hydrogen (secondary N) is 2. The summed E-state index contributed by atoms with van der Waals surface area (Å²) in [5.74, 6) is 0.682. The molecule has 6 aromatic rings. The van der Waals surface area contributed by atoms with Crippen molar-refractivity contribution in [1.29, 1.82) is 0 Å². The summed E-state index contributed by atoms with van der Waals surface area (Å²) < 4.78 is 19.2.